The van der Waals surface area contributed by atoms with Gasteiger partial charge in [-0.2, -0.15) is 0 Å². The fraction of sp³-hybridized carbons (Fsp3) is 0.500. The predicted octanol–water partition coefficient (Wildman–Crippen LogP) is 1.17. The SMILES string of the molecule is CO[C@H]1CCN(c2cc(C(=O)N[C@@H](CCP(=O)(O)O)C(=O)N3CCN(C(=O)O)CC3)nc(-c3ccc(C)cc3)n2)C1. The Kier molecular flexibility index (Phi) is 9.59. The lowest BCUT2D eigenvalue weighted by molar-refractivity contribution is -0.134. The van der Waals surface area contributed by atoms with Gasteiger partial charge < -0.3 is 39.6 Å². The number of aryl methyl sites for hydroxylation is 1. The number of rotatable bonds is 9. The first-order valence-electron chi connectivity index (χ1n) is 13.3. The fourth-order valence-corrected chi connectivity index (χ4v) is 5.39. The van der Waals surface area contributed by atoms with Crippen molar-refractivity contribution < 1.29 is 38.6 Å². The Bertz CT molecular complexity index is 1310. The summed E-state index contributed by atoms with van der Waals surface area (Å²) in [6, 6.07) is 7.78. The molecule has 0 unspecified atom stereocenters. The van der Waals surface area contributed by atoms with Gasteiger partial charge >= 0.3 is 13.7 Å². The topological polar surface area (TPSA) is 186 Å². The van der Waals surface area contributed by atoms with Gasteiger partial charge in [0.1, 0.15) is 17.6 Å². The Morgan fingerprint density at radius 1 is 1.07 bits per heavy atom. The summed E-state index contributed by atoms with van der Waals surface area (Å²) in [4.78, 5) is 70.8. The number of carboxylic acid groups (broad SMARTS) is 1. The second kappa shape index (κ2) is 12.9. The molecule has 3 heterocycles. The summed E-state index contributed by atoms with van der Waals surface area (Å²) < 4.78 is 17.1. The highest BCUT2D eigenvalue weighted by Crippen LogP contribution is 2.35. The van der Waals surface area contributed by atoms with Crippen LogP contribution in [-0.4, -0.2) is 117 Å². The molecule has 1 aromatic heterocycles. The number of hydrogen-bond donors (Lipinski definition) is 4. The molecule has 1 aromatic carbocycles. The van der Waals surface area contributed by atoms with Gasteiger partial charge in [-0.3, -0.25) is 14.2 Å². The van der Waals surface area contributed by atoms with Crippen molar-refractivity contribution >= 4 is 31.3 Å². The van der Waals surface area contributed by atoms with Crippen LogP contribution in [0, 0.1) is 6.92 Å². The lowest BCUT2D eigenvalue weighted by atomic mass is 10.1. The van der Waals surface area contributed by atoms with Crippen LogP contribution in [0.15, 0.2) is 30.3 Å². The standard InChI is InChI=1S/C26H35N6O8P/c1-17-3-5-18(6-4-17)23-27-21(15-22(29-23)32-9-7-19(16-32)40-2)24(33)28-20(8-14-41(37,38)39)25(34)30-10-12-31(13-11-30)26(35)36/h3-6,15,19-20H,7-14,16H2,1-2H3,(H,28,33)(H,35,36)(H2,37,38,39)/t19-,20-/m0/s1. The third-order valence-electron chi connectivity index (χ3n) is 7.23. The molecule has 2 atom stereocenters. The van der Waals surface area contributed by atoms with Gasteiger partial charge in [-0.25, -0.2) is 14.8 Å². The molecule has 0 saturated carbocycles. The van der Waals surface area contributed by atoms with Gasteiger partial charge in [0.05, 0.1) is 12.3 Å². The molecule has 0 spiro atoms. The summed E-state index contributed by atoms with van der Waals surface area (Å²) in [5.74, 6) is -0.412. The number of piperazine rings is 1. The average Bonchev–Trinajstić information content (AvgIpc) is 3.44. The largest absolute Gasteiger partial charge is 0.465 e. The number of hydrogen-bond acceptors (Lipinski definition) is 8. The molecule has 14 nitrogen and oxygen atoms in total. The van der Waals surface area contributed by atoms with Crippen LogP contribution in [0.1, 0.15) is 28.9 Å². The predicted molar refractivity (Wildman–Crippen MR) is 149 cm³/mol. The number of nitrogens with zero attached hydrogens (tertiary/aromatic N) is 5. The van der Waals surface area contributed by atoms with Crippen LogP contribution in [0.5, 0.6) is 0 Å². The minimum absolute atomic E-state index is 0.00359. The first-order valence-corrected chi connectivity index (χ1v) is 15.1. The normalized spacial score (nSPS) is 18.3. The Hall–Kier alpha value is -3.58. The van der Waals surface area contributed by atoms with Crippen molar-refractivity contribution in [2.75, 3.05) is 57.4 Å². The zero-order valence-corrected chi connectivity index (χ0v) is 23.9. The summed E-state index contributed by atoms with van der Waals surface area (Å²) in [7, 11) is -2.83. The minimum atomic E-state index is -4.47. The maximum absolute atomic E-state index is 13.5. The summed E-state index contributed by atoms with van der Waals surface area (Å²) in [5.41, 5.74) is 1.73. The molecule has 4 N–H and O–H groups in total. The highest BCUT2D eigenvalue weighted by molar-refractivity contribution is 7.51. The number of carbonyl (C=O) groups excluding carboxylic acids is 2. The maximum Gasteiger partial charge on any atom is 0.407 e. The second-order valence-electron chi connectivity index (χ2n) is 10.2. The van der Waals surface area contributed by atoms with E-state index in [0.717, 1.165) is 12.0 Å². The van der Waals surface area contributed by atoms with E-state index in [1.807, 2.05) is 36.1 Å². The lowest BCUT2D eigenvalue weighted by Gasteiger charge is -2.35. The van der Waals surface area contributed by atoms with Gasteiger partial charge in [-0.1, -0.05) is 29.8 Å². The molecule has 15 heteroatoms. The van der Waals surface area contributed by atoms with Crippen molar-refractivity contribution in [3.8, 4) is 11.4 Å². The molecule has 0 bridgehead atoms. The van der Waals surface area contributed by atoms with E-state index >= 15 is 0 Å². The smallest absolute Gasteiger partial charge is 0.407 e. The monoisotopic (exact) mass is 590 g/mol. The number of aromatic nitrogens is 2. The number of nitrogens with one attached hydrogen (secondary N) is 1. The molecule has 0 radical (unpaired) electrons. The van der Waals surface area contributed by atoms with Crippen molar-refractivity contribution in [2.45, 2.75) is 31.9 Å². The summed E-state index contributed by atoms with van der Waals surface area (Å²) in [6.07, 6.45) is -1.22. The van der Waals surface area contributed by atoms with Crippen LogP contribution in [-0.2, 0) is 14.1 Å². The summed E-state index contributed by atoms with van der Waals surface area (Å²) >= 11 is 0. The van der Waals surface area contributed by atoms with Crippen LogP contribution >= 0.6 is 7.60 Å². The Morgan fingerprint density at radius 3 is 2.32 bits per heavy atom. The van der Waals surface area contributed by atoms with Crippen LogP contribution in [0.3, 0.4) is 0 Å². The lowest BCUT2D eigenvalue weighted by Crippen LogP contribution is -2.56. The molecule has 2 aliphatic rings. The van der Waals surface area contributed by atoms with Crippen LogP contribution in [0.4, 0.5) is 10.6 Å². The average molecular weight is 591 g/mol. The van der Waals surface area contributed by atoms with Crippen molar-refractivity contribution in [3.63, 3.8) is 0 Å². The van der Waals surface area contributed by atoms with E-state index in [9.17, 15) is 33.8 Å². The molecule has 222 valence electrons. The summed E-state index contributed by atoms with van der Waals surface area (Å²) in [5, 5.41) is 11.8. The highest BCUT2D eigenvalue weighted by atomic mass is 31.2. The molecule has 0 aliphatic carbocycles. The molecule has 4 rings (SSSR count). The van der Waals surface area contributed by atoms with E-state index < -0.39 is 37.7 Å². The molecule has 3 amide bonds. The Balaban J connectivity index is 1.60. The molecule has 41 heavy (non-hydrogen) atoms. The van der Waals surface area contributed by atoms with Crippen molar-refractivity contribution in [3.05, 3.63) is 41.6 Å². The summed E-state index contributed by atoms with van der Waals surface area (Å²) in [6.45, 7) is 3.56. The van der Waals surface area contributed by atoms with Gasteiger partial charge in [0.2, 0.25) is 5.91 Å². The Morgan fingerprint density at radius 2 is 1.73 bits per heavy atom. The third kappa shape index (κ3) is 8.00. The van der Waals surface area contributed by atoms with Gasteiger partial charge in [-0.05, 0) is 19.8 Å². The molecular weight excluding hydrogens is 555 g/mol. The van der Waals surface area contributed by atoms with E-state index in [0.29, 0.717) is 30.3 Å². The first-order chi connectivity index (χ1) is 19.4. The van der Waals surface area contributed by atoms with Gasteiger partial charge in [0, 0.05) is 58.0 Å². The van der Waals surface area contributed by atoms with Crippen LogP contribution < -0.4 is 10.2 Å². The zero-order valence-electron chi connectivity index (χ0n) is 23.0. The molecule has 2 fully saturated rings. The number of benzene rings is 1. The zero-order chi connectivity index (χ0) is 29.7. The Labute approximate surface area is 237 Å². The highest BCUT2D eigenvalue weighted by Gasteiger charge is 2.32. The molecular formula is C26H35N6O8P. The number of methoxy groups -OCH3 is 1. The van der Waals surface area contributed by atoms with Gasteiger partial charge in [0.15, 0.2) is 5.82 Å². The second-order valence-corrected chi connectivity index (χ2v) is 12.0. The van der Waals surface area contributed by atoms with Crippen molar-refractivity contribution in [1.82, 2.24) is 25.1 Å². The molecule has 2 aromatic rings. The molecule has 2 aliphatic heterocycles. The van der Waals surface area contributed by atoms with Crippen LogP contribution in [0.2, 0.25) is 0 Å². The van der Waals surface area contributed by atoms with E-state index in [4.69, 9.17) is 9.72 Å². The van der Waals surface area contributed by atoms with E-state index in [2.05, 4.69) is 10.3 Å². The number of carbonyl (C=O) groups is 3. The van der Waals surface area contributed by atoms with Gasteiger partial charge in [0.25, 0.3) is 5.91 Å². The first kappa shape index (κ1) is 30.4. The minimum Gasteiger partial charge on any atom is -0.465 e. The van der Waals surface area contributed by atoms with Gasteiger partial charge in [-0.15, -0.1) is 0 Å². The van der Waals surface area contributed by atoms with Crippen molar-refractivity contribution in [1.29, 1.82) is 0 Å². The number of ether oxygens (including phenoxy) is 1. The van der Waals surface area contributed by atoms with Crippen molar-refractivity contribution in [2.24, 2.45) is 0 Å². The fourth-order valence-electron chi connectivity index (χ4n) is 4.80. The van der Waals surface area contributed by atoms with E-state index in [1.165, 1.54) is 15.9 Å². The number of anilines is 1. The molecule has 2 saturated heterocycles. The third-order valence-corrected chi connectivity index (χ3v) is 8.07. The maximum atomic E-state index is 13.5. The van der Waals surface area contributed by atoms with E-state index in [-0.39, 0.29) is 44.4 Å². The van der Waals surface area contributed by atoms with E-state index in [1.54, 1.807) is 7.11 Å². The van der Waals surface area contributed by atoms with Crippen LogP contribution in [0.25, 0.3) is 11.4 Å². The number of amides is 3. The quantitative estimate of drug-likeness (QED) is 0.307.